The second-order valence-corrected chi connectivity index (χ2v) is 9.26. The van der Waals surface area contributed by atoms with Gasteiger partial charge in [-0.1, -0.05) is 13.8 Å². The maximum atomic E-state index is 12.7. The molecule has 8 nitrogen and oxygen atoms in total. The van der Waals surface area contributed by atoms with Crippen molar-refractivity contribution in [3.8, 4) is 0 Å². The molecule has 2 atom stereocenters. The smallest absolute Gasteiger partial charge is 0.244 e. The van der Waals surface area contributed by atoms with Crippen molar-refractivity contribution in [3.05, 3.63) is 11.4 Å². The molecule has 1 aliphatic rings. The van der Waals surface area contributed by atoms with E-state index < -0.39 is 16.1 Å². The van der Waals surface area contributed by atoms with Gasteiger partial charge in [0.1, 0.15) is 4.90 Å². The Bertz CT molecular complexity index is 775. The van der Waals surface area contributed by atoms with E-state index in [0.29, 0.717) is 30.9 Å². The SMILES string of the molecule is Cc1nn(C)c(C)c1S(=O)(=O)NC(C)C(=O)N1CCC(N)C(C)(C)C1.Cl. The van der Waals surface area contributed by atoms with E-state index in [0.717, 1.165) is 0 Å². The summed E-state index contributed by atoms with van der Waals surface area (Å²) in [6, 6.07) is -0.821. The van der Waals surface area contributed by atoms with E-state index >= 15 is 0 Å². The van der Waals surface area contributed by atoms with Gasteiger partial charge in [0, 0.05) is 26.2 Å². The van der Waals surface area contributed by atoms with Crippen molar-refractivity contribution >= 4 is 28.3 Å². The first-order valence-corrected chi connectivity index (χ1v) is 9.92. The molecule has 2 heterocycles. The van der Waals surface area contributed by atoms with E-state index in [1.807, 2.05) is 13.8 Å². The summed E-state index contributed by atoms with van der Waals surface area (Å²) in [5, 5.41) is 4.13. The molecule has 26 heavy (non-hydrogen) atoms. The highest BCUT2D eigenvalue weighted by Gasteiger charge is 2.37. The first kappa shape index (κ1) is 22.9. The van der Waals surface area contributed by atoms with Crippen LogP contribution in [0.5, 0.6) is 0 Å². The van der Waals surface area contributed by atoms with Crippen LogP contribution in [0.15, 0.2) is 4.90 Å². The van der Waals surface area contributed by atoms with Crippen molar-refractivity contribution in [1.29, 1.82) is 0 Å². The number of aryl methyl sites for hydroxylation is 2. The monoisotopic (exact) mass is 407 g/mol. The maximum absolute atomic E-state index is 12.7. The average molecular weight is 408 g/mol. The number of nitrogens with zero attached hydrogens (tertiary/aromatic N) is 3. The number of nitrogens with one attached hydrogen (secondary N) is 1. The minimum atomic E-state index is -3.83. The van der Waals surface area contributed by atoms with E-state index in [4.69, 9.17) is 5.73 Å². The number of carbonyl (C=O) groups excluding carboxylic acids is 1. The fraction of sp³-hybridized carbons (Fsp3) is 0.750. The maximum Gasteiger partial charge on any atom is 0.244 e. The van der Waals surface area contributed by atoms with Gasteiger partial charge < -0.3 is 10.6 Å². The van der Waals surface area contributed by atoms with Crippen LogP contribution < -0.4 is 10.5 Å². The first-order valence-electron chi connectivity index (χ1n) is 8.43. The van der Waals surface area contributed by atoms with Gasteiger partial charge in [-0.2, -0.15) is 9.82 Å². The lowest BCUT2D eigenvalue weighted by molar-refractivity contribution is -0.136. The molecule has 0 bridgehead atoms. The molecule has 1 aliphatic heterocycles. The second kappa shape index (κ2) is 7.84. The van der Waals surface area contributed by atoms with Crippen molar-refractivity contribution in [3.63, 3.8) is 0 Å². The van der Waals surface area contributed by atoms with Gasteiger partial charge in [-0.25, -0.2) is 8.42 Å². The zero-order valence-electron chi connectivity index (χ0n) is 16.2. The van der Waals surface area contributed by atoms with E-state index in [1.165, 1.54) is 4.68 Å². The lowest BCUT2D eigenvalue weighted by Gasteiger charge is -2.43. The van der Waals surface area contributed by atoms with Gasteiger partial charge in [0.2, 0.25) is 15.9 Å². The fourth-order valence-electron chi connectivity index (χ4n) is 3.32. The van der Waals surface area contributed by atoms with Gasteiger partial charge in [0.15, 0.2) is 0 Å². The number of nitrogens with two attached hydrogens (primary N) is 1. The van der Waals surface area contributed by atoms with Crippen molar-refractivity contribution in [2.75, 3.05) is 13.1 Å². The molecule has 0 aliphatic carbocycles. The summed E-state index contributed by atoms with van der Waals surface area (Å²) in [4.78, 5) is 14.5. The summed E-state index contributed by atoms with van der Waals surface area (Å²) < 4.78 is 29.4. The topological polar surface area (TPSA) is 110 Å². The van der Waals surface area contributed by atoms with Crippen LogP contribution in [-0.2, 0) is 21.9 Å². The van der Waals surface area contributed by atoms with Gasteiger partial charge >= 0.3 is 0 Å². The van der Waals surface area contributed by atoms with Crippen molar-refractivity contribution in [2.45, 2.75) is 58.0 Å². The van der Waals surface area contributed by atoms with Crippen LogP contribution in [0.3, 0.4) is 0 Å². The van der Waals surface area contributed by atoms with Crippen LogP contribution in [-0.4, -0.2) is 54.2 Å². The Labute approximate surface area is 162 Å². The minimum Gasteiger partial charge on any atom is -0.341 e. The Hall–Kier alpha value is -1.16. The Balaban J connectivity index is 0.00000338. The Kier molecular flexibility index (Phi) is 6.90. The summed E-state index contributed by atoms with van der Waals surface area (Å²) in [6.07, 6.45) is 0.707. The third-order valence-electron chi connectivity index (χ3n) is 5.04. The molecule has 0 aromatic carbocycles. The number of piperidine rings is 1. The Morgan fingerprint density at radius 1 is 1.38 bits per heavy atom. The largest absolute Gasteiger partial charge is 0.341 e. The number of aromatic nitrogens is 2. The molecule has 1 aromatic heterocycles. The molecule has 0 saturated carbocycles. The summed E-state index contributed by atoms with van der Waals surface area (Å²) in [6.45, 7) is 10.0. The molecule has 0 radical (unpaired) electrons. The number of sulfonamides is 1. The van der Waals surface area contributed by atoms with Gasteiger partial charge in [-0.05, 0) is 32.6 Å². The summed E-state index contributed by atoms with van der Waals surface area (Å²) in [5.41, 5.74) is 6.87. The van der Waals surface area contributed by atoms with Crippen LogP contribution in [0, 0.1) is 19.3 Å². The Morgan fingerprint density at radius 2 is 1.96 bits per heavy atom. The second-order valence-electron chi connectivity index (χ2n) is 7.61. The molecule has 150 valence electrons. The van der Waals surface area contributed by atoms with Gasteiger partial charge in [-0.15, -0.1) is 12.4 Å². The van der Waals surface area contributed by atoms with E-state index in [1.54, 1.807) is 32.7 Å². The molecule has 2 unspecified atom stereocenters. The quantitative estimate of drug-likeness (QED) is 0.763. The lowest BCUT2D eigenvalue weighted by atomic mass is 9.79. The molecule has 1 amide bonds. The highest BCUT2D eigenvalue weighted by molar-refractivity contribution is 7.89. The van der Waals surface area contributed by atoms with Crippen molar-refractivity contribution in [1.82, 2.24) is 19.4 Å². The highest BCUT2D eigenvalue weighted by atomic mass is 35.5. The normalized spacial score (nSPS) is 21.2. The summed E-state index contributed by atoms with van der Waals surface area (Å²) in [5.74, 6) is -0.234. The standard InChI is InChI=1S/C16H29N5O3S.ClH/c1-10-14(12(3)20(6)18-10)25(23,24)19-11(2)15(22)21-8-7-13(17)16(4,5)9-21;/h11,13,19H,7-9,17H2,1-6H3;1H. The van der Waals surface area contributed by atoms with Crippen LogP contribution in [0.1, 0.15) is 38.6 Å². The molecule has 1 saturated heterocycles. The van der Waals surface area contributed by atoms with E-state index in [2.05, 4.69) is 9.82 Å². The third kappa shape index (κ3) is 4.39. The molecular formula is C16H30ClN5O3S. The molecular weight excluding hydrogens is 378 g/mol. The van der Waals surface area contributed by atoms with Crippen LogP contribution in [0.2, 0.25) is 0 Å². The zero-order valence-corrected chi connectivity index (χ0v) is 17.9. The van der Waals surface area contributed by atoms with Gasteiger partial charge in [0.05, 0.1) is 17.4 Å². The predicted molar refractivity (Wildman–Crippen MR) is 103 cm³/mol. The number of likely N-dealkylation sites (tertiary alicyclic amines) is 1. The predicted octanol–water partition coefficient (Wildman–Crippen LogP) is 0.711. The van der Waals surface area contributed by atoms with Crippen molar-refractivity contribution in [2.24, 2.45) is 18.2 Å². The molecule has 1 aromatic rings. The van der Waals surface area contributed by atoms with E-state index in [9.17, 15) is 13.2 Å². The molecule has 1 fully saturated rings. The van der Waals surface area contributed by atoms with Crippen molar-refractivity contribution < 1.29 is 13.2 Å². The van der Waals surface area contributed by atoms with E-state index in [-0.39, 0.29) is 34.7 Å². The molecule has 2 rings (SSSR count). The average Bonchev–Trinajstić information content (AvgIpc) is 2.74. The third-order valence-corrected chi connectivity index (χ3v) is 6.83. The highest BCUT2D eigenvalue weighted by Crippen LogP contribution is 2.28. The summed E-state index contributed by atoms with van der Waals surface area (Å²) >= 11 is 0. The molecule has 0 spiro atoms. The van der Waals surface area contributed by atoms with Gasteiger partial charge in [0.25, 0.3) is 0 Å². The van der Waals surface area contributed by atoms with Crippen LogP contribution in [0.4, 0.5) is 0 Å². The Morgan fingerprint density at radius 3 is 2.42 bits per heavy atom. The molecule has 10 heteroatoms. The fourth-order valence-corrected chi connectivity index (χ4v) is 4.96. The van der Waals surface area contributed by atoms with Crippen LogP contribution in [0.25, 0.3) is 0 Å². The minimum absolute atomic E-state index is 0. The lowest BCUT2D eigenvalue weighted by Crippen LogP contribution is -2.57. The number of hydrogen-bond acceptors (Lipinski definition) is 5. The van der Waals surface area contributed by atoms with Gasteiger partial charge in [-0.3, -0.25) is 9.48 Å². The number of halogens is 1. The number of amides is 1. The van der Waals surface area contributed by atoms with Crippen LogP contribution >= 0.6 is 12.4 Å². The number of hydrogen-bond donors (Lipinski definition) is 2. The number of rotatable bonds is 4. The molecule has 3 N–H and O–H groups in total. The summed E-state index contributed by atoms with van der Waals surface area (Å²) in [7, 11) is -2.14. The zero-order chi connectivity index (χ0) is 19.2. The first-order chi connectivity index (χ1) is 11.4. The number of carbonyl (C=O) groups is 1.